The fourth-order valence-electron chi connectivity index (χ4n) is 1.54. The topological polar surface area (TPSA) is 26.3 Å². The Kier molecular flexibility index (Phi) is 4.76. The second-order valence-electron chi connectivity index (χ2n) is 3.95. The first-order valence-corrected chi connectivity index (χ1v) is 6.27. The summed E-state index contributed by atoms with van der Waals surface area (Å²) >= 11 is 5.98. The zero-order valence-electron chi connectivity index (χ0n) is 10.3. The summed E-state index contributed by atoms with van der Waals surface area (Å²) in [6.45, 7) is 0.270. The van der Waals surface area contributed by atoms with Crippen LogP contribution < -0.4 is 0 Å². The molecule has 0 spiro atoms. The molecule has 2 aromatic rings. The summed E-state index contributed by atoms with van der Waals surface area (Å²) in [5.41, 5.74) is 1.75. The molecule has 0 aliphatic carbocycles. The van der Waals surface area contributed by atoms with Crippen LogP contribution in [-0.2, 0) is 16.1 Å². The minimum absolute atomic E-state index is 0.270. The Morgan fingerprint density at radius 1 is 1.05 bits per heavy atom. The van der Waals surface area contributed by atoms with Gasteiger partial charge in [-0.1, -0.05) is 60.1 Å². The predicted molar refractivity (Wildman–Crippen MR) is 76.7 cm³/mol. The molecule has 0 aliphatic heterocycles. The normalized spacial score (nSPS) is 10.6. The summed E-state index contributed by atoms with van der Waals surface area (Å²) in [6, 6.07) is 16.9. The quantitative estimate of drug-likeness (QED) is 0.619. The number of halogens is 1. The van der Waals surface area contributed by atoms with Crippen molar-refractivity contribution in [3.8, 4) is 0 Å². The largest absolute Gasteiger partial charge is 0.458 e. The first-order valence-electron chi connectivity index (χ1n) is 5.89. The van der Waals surface area contributed by atoms with Crippen molar-refractivity contribution in [1.82, 2.24) is 0 Å². The number of carbonyl (C=O) groups is 1. The first-order chi connectivity index (χ1) is 9.25. The van der Waals surface area contributed by atoms with Gasteiger partial charge in [-0.2, -0.15) is 0 Å². The number of carbonyl (C=O) groups excluding carboxylic acids is 1. The standard InChI is InChI=1S/C16H13ClO2/c17-15-9-5-4-8-14(15)10-11-16(18)19-12-13-6-2-1-3-7-13/h1-11H,12H2/b11-10+. The average Bonchev–Trinajstić information content (AvgIpc) is 2.45. The van der Waals surface area contributed by atoms with Crippen LogP contribution in [0, 0.1) is 0 Å². The van der Waals surface area contributed by atoms with Crippen LogP contribution in [-0.4, -0.2) is 5.97 Å². The Bertz CT molecular complexity index is 576. The Labute approximate surface area is 117 Å². The van der Waals surface area contributed by atoms with E-state index in [1.807, 2.05) is 48.5 Å². The highest BCUT2D eigenvalue weighted by atomic mass is 35.5. The van der Waals surface area contributed by atoms with Crippen LogP contribution in [0.4, 0.5) is 0 Å². The van der Waals surface area contributed by atoms with Gasteiger partial charge in [-0.3, -0.25) is 0 Å². The van der Waals surface area contributed by atoms with Crippen molar-refractivity contribution < 1.29 is 9.53 Å². The molecule has 0 fully saturated rings. The Balaban J connectivity index is 1.90. The van der Waals surface area contributed by atoms with Crippen molar-refractivity contribution in [3.05, 3.63) is 76.8 Å². The van der Waals surface area contributed by atoms with Crippen molar-refractivity contribution in [2.24, 2.45) is 0 Å². The van der Waals surface area contributed by atoms with E-state index < -0.39 is 0 Å². The molecule has 2 nitrogen and oxygen atoms in total. The Hall–Kier alpha value is -2.06. The third-order valence-corrected chi connectivity index (χ3v) is 2.87. The Morgan fingerprint density at radius 3 is 2.47 bits per heavy atom. The molecule has 0 heterocycles. The molecule has 96 valence electrons. The van der Waals surface area contributed by atoms with Crippen LogP contribution in [0.5, 0.6) is 0 Å². The molecule has 0 atom stereocenters. The number of rotatable bonds is 4. The SMILES string of the molecule is O=C(/C=C/c1ccccc1Cl)OCc1ccccc1. The van der Waals surface area contributed by atoms with E-state index in [4.69, 9.17) is 16.3 Å². The van der Waals surface area contributed by atoms with Crippen molar-refractivity contribution >= 4 is 23.6 Å². The summed E-state index contributed by atoms with van der Waals surface area (Å²) in [5.74, 6) is -0.385. The highest BCUT2D eigenvalue weighted by molar-refractivity contribution is 6.32. The van der Waals surface area contributed by atoms with Crippen LogP contribution in [0.2, 0.25) is 5.02 Å². The van der Waals surface area contributed by atoms with Gasteiger partial charge in [-0.15, -0.1) is 0 Å². The monoisotopic (exact) mass is 272 g/mol. The summed E-state index contributed by atoms with van der Waals surface area (Å²) in [4.78, 5) is 11.5. The van der Waals surface area contributed by atoms with E-state index in [1.165, 1.54) is 6.08 Å². The zero-order chi connectivity index (χ0) is 13.5. The maximum absolute atomic E-state index is 11.5. The molecule has 0 aromatic heterocycles. The maximum atomic E-state index is 11.5. The lowest BCUT2D eigenvalue weighted by Gasteiger charge is -2.01. The molecule has 3 heteroatoms. The first kappa shape index (κ1) is 13.4. The summed E-state index contributed by atoms with van der Waals surface area (Å²) in [5, 5.41) is 0.606. The van der Waals surface area contributed by atoms with E-state index in [9.17, 15) is 4.79 Å². The second-order valence-corrected chi connectivity index (χ2v) is 4.36. The smallest absolute Gasteiger partial charge is 0.331 e. The van der Waals surface area contributed by atoms with Crippen molar-refractivity contribution in [2.75, 3.05) is 0 Å². The van der Waals surface area contributed by atoms with Gasteiger partial charge in [0.15, 0.2) is 0 Å². The fourth-order valence-corrected chi connectivity index (χ4v) is 1.74. The van der Waals surface area contributed by atoms with E-state index in [1.54, 1.807) is 12.1 Å². The number of esters is 1. The predicted octanol–water partition coefficient (Wildman–Crippen LogP) is 4.10. The summed E-state index contributed by atoms with van der Waals surface area (Å²) < 4.78 is 5.12. The van der Waals surface area contributed by atoms with Crippen molar-refractivity contribution in [1.29, 1.82) is 0 Å². The molecule has 0 N–H and O–H groups in total. The number of benzene rings is 2. The molecular weight excluding hydrogens is 260 g/mol. The minimum Gasteiger partial charge on any atom is -0.458 e. The molecule has 0 saturated carbocycles. The van der Waals surface area contributed by atoms with Gasteiger partial charge < -0.3 is 4.74 Å². The molecule has 2 aromatic carbocycles. The van der Waals surface area contributed by atoms with Gasteiger partial charge in [0.25, 0.3) is 0 Å². The molecule has 0 saturated heterocycles. The van der Waals surface area contributed by atoms with E-state index in [-0.39, 0.29) is 12.6 Å². The molecule has 19 heavy (non-hydrogen) atoms. The molecule has 0 unspecified atom stereocenters. The molecule has 0 amide bonds. The van der Waals surface area contributed by atoms with E-state index in [0.29, 0.717) is 5.02 Å². The fraction of sp³-hybridized carbons (Fsp3) is 0.0625. The Morgan fingerprint density at radius 2 is 1.74 bits per heavy atom. The van der Waals surface area contributed by atoms with Gasteiger partial charge in [0.1, 0.15) is 6.61 Å². The number of hydrogen-bond acceptors (Lipinski definition) is 2. The van der Waals surface area contributed by atoms with Gasteiger partial charge >= 0.3 is 5.97 Å². The highest BCUT2D eigenvalue weighted by Crippen LogP contribution is 2.16. The van der Waals surface area contributed by atoms with E-state index in [2.05, 4.69) is 0 Å². The molecule has 0 radical (unpaired) electrons. The van der Waals surface area contributed by atoms with Crippen LogP contribution in [0.3, 0.4) is 0 Å². The lowest BCUT2D eigenvalue weighted by Crippen LogP contribution is -2.00. The lowest BCUT2D eigenvalue weighted by atomic mass is 10.2. The van der Waals surface area contributed by atoms with Gasteiger partial charge in [0.05, 0.1) is 0 Å². The van der Waals surface area contributed by atoms with Crippen molar-refractivity contribution in [2.45, 2.75) is 6.61 Å². The van der Waals surface area contributed by atoms with Crippen LogP contribution in [0.1, 0.15) is 11.1 Å². The van der Waals surface area contributed by atoms with E-state index >= 15 is 0 Å². The number of ether oxygens (including phenoxy) is 1. The molecular formula is C16H13ClO2. The van der Waals surface area contributed by atoms with Crippen LogP contribution >= 0.6 is 11.6 Å². The highest BCUT2D eigenvalue weighted by Gasteiger charge is 1.99. The molecule has 0 bridgehead atoms. The lowest BCUT2D eigenvalue weighted by molar-refractivity contribution is -0.138. The third kappa shape index (κ3) is 4.27. The molecule has 0 aliphatic rings. The maximum Gasteiger partial charge on any atom is 0.331 e. The summed E-state index contributed by atoms with van der Waals surface area (Å²) in [7, 11) is 0. The van der Waals surface area contributed by atoms with Gasteiger partial charge in [0.2, 0.25) is 0 Å². The number of hydrogen-bond donors (Lipinski definition) is 0. The minimum atomic E-state index is -0.385. The zero-order valence-corrected chi connectivity index (χ0v) is 11.0. The second kappa shape index (κ2) is 6.76. The third-order valence-electron chi connectivity index (χ3n) is 2.53. The van der Waals surface area contributed by atoms with E-state index in [0.717, 1.165) is 11.1 Å². The average molecular weight is 273 g/mol. The van der Waals surface area contributed by atoms with Crippen LogP contribution in [0.15, 0.2) is 60.7 Å². The van der Waals surface area contributed by atoms with Crippen LogP contribution in [0.25, 0.3) is 6.08 Å². The molecule has 2 rings (SSSR count). The summed E-state index contributed by atoms with van der Waals surface area (Å²) in [6.07, 6.45) is 3.03. The van der Waals surface area contributed by atoms with Crippen molar-refractivity contribution in [3.63, 3.8) is 0 Å². The van der Waals surface area contributed by atoms with Gasteiger partial charge in [-0.25, -0.2) is 4.79 Å². The van der Waals surface area contributed by atoms with Gasteiger partial charge in [-0.05, 0) is 23.3 Å². The van der Waals surface area contributed by atoms with Gasteiger partial charge in [0, 0.05) is 11.1 Å².